The van der Waals surface area contributed by atoms with Gasteiger partial charge < -0.3 is 10.2 Å². The number of hydrogen-bond acceptors (Lipinski definition) is 3. The molecule has 1 saturated carbocycles. The van der Waals surface area contributed by atoms with Crippen molar-refractivity contribution in [2.45, 2.75) is 40.0 Å². The molecule has 0 saturated heterocycles. The molecule has 1 aliphatic carbocycles. The first-order valence-electron chi connectivity index (χ1n) is 8.16. The molecule has 0 aliphatic heterocycles. The number of nitrogens with one attached hydrogen (secondary N) is 1. The predicted octanol–water partition coefficient (Wildman–Crippen LogP) is 3.18. The van der Waals surface area contributed by atoms with E-state index in [0.29, 0.717) is 17.3 Å². The fourth-order valence-electron chi connectivity index (χ4n) is 3.66. The quantitative estimate of drug-likeness (QED) is 0.931. The Hall–Kier alpha value is -1.91. The molecule has 23 heavy (non-hydrogen) atoms. The molecule has 0 aromatic carbocycles. The Bertz CT molecular complexity index is 596. The number of rotatable bonds is 3. The number of carbonyl (C=O) groups is 2. The Balaban J connectivity index is 2.08. The van der Waals surface area contributed by atoms with E-state index in [1.807, 2.05) is 0 Å². The molecule has 1 aliphatic rings. The maximum absolute atomic E-state index is 12.6. The molecule has 1 aromatic heterocycles. The van der Waals surface area contributed by atoms with Crippen molar-refractivity contribution in [3.05, 3.63) is 23.9 Å². The summed E-state index contributed by atoms with van der Waals surface area (Å²) in [6.45, 7) is 6.64. The van der Waals surface area contributed by atoms with Crippen LogP contribution in [0.3, 0.4) is 0 Å². The van der Waals surface area contributed by atoms with E-state index in [9.17, 15) is 9.59 Å². The highest BCUT2D eigenvalue weighted by Gasteiger charge is 2.35. The Morgan fingerprint density at radius 1 is 1.30 bits per heavy atom. The van der Waals surface area contributed by atoms with Crippen LogP contribution in [0.25, 0.3) is 0 Å². The summed E-state index contributed by atoms with van der Waals surface area (Å²) < 4.78 is 0. The minimum absolute atomic E-state index is 0.00348. The van der Waals surface area contributed by atoms with Crippen molar-refractivity contribution in [2.75, 3.05) is 19.4 Å². The van der Waals surface area contributed by atoms with Crippen LogP contribution >= 0.6 is 0 Å². The number of hydrogen-bond donors (Lipinski definition) is 1. The molecule has 1 heterocycles. The topological polar surface area (TPSA) is 62.3 Å². The van der Waals surface area contributed by atoms with Gasteiger partial charge in [-0.25, -0.2) is 4.98 Å². The van der Waals surface area contributed by atoms with Gasteiger partial charge in [0.15, 0.2) is 0 Å². The molecule has 2 amide bonds. The number of nitrogens with zero attached hydrogens (tertiary/aromatic N) is 2. The normalized spacial score (nSPS) is 23.2. The zero-order valence-corrected chi connectivity index (χ0v) is 14.7. The lowest BCUT2D eigenvalue weighted by Crippen LogP contribution is -2.35. The average molecular weight is 317 g/mol. The van der Waals surface area contributed by atoms with Gasteiger partial charge in [-0.2, -0.15) is 0 Å². The largest absolute Gasteiger partial charge is 0.345 e. The Morgan fingerprint density at radius 2 is 2.00 bits per heavy atom. The van der Waals surface area contributed by atoms with Crippen LogP contribution in [0.5, 0.6) is 0 Å². The average Bonchev–Trinajstić information content (AvgIpc) is 2.44. The van der Waals surface area contributed by atoms with Crippen molar-refractivity contribution < 1.29 is 9.59 Å². The SMILES string of the molecule is C[C@@H]1C[C@H](C(=O)Nc2cc(C(=O)N(C)C)ccn2)CC(C)(C)C1. The van der Waals surface area contributed by atoms with Crippen LogP contribution < -0.4 is 5.32 Å². The van der Waals surface area contributed by atoms with Crippen LogP contribution in [0.4, 0.5) is 5.82 Å². The van der Waals surface area contributed by atoms with Gasteiger partial charge in [0.25, 0.3) is 5.91 Å². The summed E-state index contributed by atoms with van der Waals surface area (Å²) in [6.07, 6.45) is 4.51. The van der Waals surface area contributed by atoms with Gasteiger partial charge in [0.2, 0.25) is 5.91 Å². The summed E-state index contributed by atoms with van der Waals surface area (Å²) in [5, 5.41) is 2.88. The van der Waals surface area contributed by atoms with E-state index in [-0.39, 0.29) is 23.1 Å². The standard InChI is InChI=1S/C18H27N3O2/c1-12-8-14(11-18(2,3)10-12)16(22)20-15-9-13(6-7-19-15)17(23)21(4)5/h6-7,9,12,14H,8,10-11H2,1-5H3,(H,19,20,22)/t12-,14+/m1/s1. The first kappa shape index (κ1) is 17.4. The Morgan fingerprint density at radius 3 is 2.61 bits per heavy atom. The second-order valence-corrected chi connectivity index (χ2v) is 7.73. The summed E-state index contributed by atoms with van der Waals surface area (Å²) in [5.74, 6) is 0.897. The third-order valence-electron chi connectivity index (χ3n) is 4.42. The van der Waals surface area contributed by atoms with Crippen LogP contribution in [-0.2, 0) is 4.79 Å². The van der Waals surface area contributed by atoms with E-state index >= 15 is 0 Å². The molecule has 0 spiro atoms. The van der Waals surface area contributed by atoms with Gasteiger partial charge in [-0.15, -0.1) is 0 Å². The van der Waals surface area contributed by atoms with E-state index in [4.69, 9.17) is 0 Å². The first-order chi connectivity index (χ1) is 10.7. The van der Waals surface area contributed by atoms with E-state index < -0.39 is 0 Å². The summed E-state index contributed by atoms with van der Waals surface area (Å²) >= 11 is 0. The van der Waals surface area contributed by atoms with Gasteiger partial charge in [0.05, 0.1) is 0 Å². The summed E-state index contributed by atoms with van der Waals surface area (Å²) in [4.78, 5) is 30.2. The molecular weight excluding hydrogens is 290 g/mol. The van der Waals surface area contributed by atoms with Crippen LogP contribution in [0, 0.1) is 17.3 Å². The number of pyridine rings is 1. The lowest BCUT2D eigenvalue weighted by atomic mass is 9.68. The zero-order valence-electron chi connectivity index (χ0n) is 14.7. The third-order valence-corrected chi connectivity index (χ3v) is 4.42. The fourth-order valence-corrected chi connectivity index (χ4v) is 3.66. The van der Waals surface area contributed by atoms with Gasteiger partial charge in [-0.3, -0.25) is 9.59 Å². The molecule has 1 N–H and O–H groups in total. The Kier molecular flexibility index (Phi) is 5.07. The van der Waals surface area contributed by atoms with Crippen LogP contribution in [0.1, 0.15) is 50.4 Å². The van der Waals surface area contributed by atoms with E-state index in [1.165, 1.54) is 4.90 Å². The van der Waals surface area contributed by atoms with Crippen LogP contribution in [-0.4, -0.2) is 35.8 Å². The molecule has 2 rings (SSSR count). The molecule has 0 unspecified atom stereocenters. The van der Waals surface area contributed by atoms with Crippen molar-refractivity contribution >= 4 is 17.6 Å². The summed E-state index contributed by atoms with van der Waals surface area (Å²) in [7, 11) is 3.40. The third kappa shape index (κ3) is 4.53. The molecular formula is C18H27N3O2. The number of anilines is 1. The molecule has 126 valence electrons. The summed E-state index contributed by atoms with van der Waals surface area (Å²) in [5.41, 5.74) is 0.716. The highest BCUT2D eigenvalue weighted by Crippen LogP contribution is 2.41. The van der Waals surface area contributed by atoms with Crippen molar-refractivity contribution in [3.63, 3.8) is 0 Å². The second kappa shape index (κ2) is 6.69. The molecule has 1 fully saturated rings. The first-order valence-corrected chi connectivity index (χ1v) is 8.16. The second-order valence-electron chi connectivity index (χ2n) is 7.73. The monoisotopic (exact) mass is 317 g/mol. The molecule has 1 aromatic rings. The summed E-state index contributed by atoms with van der Waals surface area (Å²) in [6, 6.07) is 3.29. The predicted molar refractivity (Wildman–Crippen MR) is 91.2 cm³/mol. The van der Waals surface area contributed by atoms with Crippen molar-refractivity contribution in [1.82, 2.24) is 9.88 Å². The molecule has 5 nitrogen and oxygen atoms in total. The molecule has 0 bridgehead atoms. The lowest BCUT2D eigenvalue weighted by molar-refractivity contribution is -0.122. The number of carbonyl (C=O) groups excluding carboxylic acids is 2. The van der Waals surface area contributed by atoms with Gasteiger partial charge in [-0.1, -0.05) is 20.8 Å². The minimum atomic E-state index is -0.102. The Labute approximate surface area is 138 Å². The zero-order chi connectivity index (χ0) is 17.2. The smallest absolute Gasteiger partial charge is 0.253 e. The minimum Gasteiger partial charge on any atom is -0.345 e. The van der Waals surface area contributed by atoms with Crippen molar-refractivity contribution in [2.24, 2.45) is 17.3 Å². The van der Waals surface area contributed by atoms with Crippen LogP contribution in [0.2, 0.25) is 0 Å². The van der Waals surface area contributed by atoms with E-state index in [0.717, 1.165) is 19.3 Å². The lowest BCUT2D eigenvalue weighted by Gasteiger charge is -2.38. The maximum Gasteiger partial charge on any atom is 0.253 e. The van der Waals surface area contributed by atoms with Crippen molar-refractivity contribution in [3.8, 4) is 0 Å². The van der Waals surface area contributed by atoms with Gasteiger partial charge >= 0.3 is 0 Å². The van der Waals surface area contributed by atoms with Gasteiger partial charge in [0.1, 0.15) is 5.82 Å². The number of amides is 2. The highest BCUT2D eigenvalue weighted by molar-refractivity contribution is 5.96. The van der Waals surface area contributed by atoms with Gasteiger partial charge in [0, 0.05) is 31.8 Å². The number of aromatic nitrogens is 1. The van der Waals surface area contributed by atoms with Crippen molar-refractivity contribution in [1.29, 1.82) is 0 Å². The molecule has 2 atom stereocenters. The maximum atomic E-state index is 12.6. The molecule has 0 radical (unpaired) electrons. The van der Waals surface area contributed by atoms with Gasteiger partial charge in [-0.05, 0) is 42.7 Å². The van der Waals surface area contributed by atoms with E-state index in [1.54, 1.807) is 32.4 Å². The fraction of sp³-hybridized carbons (Fsp3) is 0.611. The highest BCUT2D eigenvalue weighted by atomic mass is 16.2. The molecule has 5 heteroatoms. The van der Waals surface area contributed by atoms with E-state index in [2.05, 4.69) is 31.1 Å². The van der Waals surface area contributed by atoms with Crippen LogP contribution in [0.15, 0.2) is 18.3 Å².